The van der Waals surface area contributed by atoms with Crippen molar-refractivity contribution in [2.75, 3.05) is 0 Å². The third-order valence-electron chi connectivity index (χ3n) is 3.76. The molecular formula is C15H15BO3. The molecule has 0 bridgehead atoms. The van der Waals surface area contributed by atoms with E-state index >= 15 is 0 Å². The average molecular weight is 254 g/mol. The van der Waals surface area contributed by atoms with Gasteiger partial charge in [0.1, 0.15) is 11.5 Å². The lowest BCUT2D eigenvalue weighted by Crippen LogP contribution is -2.32. The first-order valence-corrected chi connectivity index (χ1v) is 6.28. The molecule has 1 aliphatic heterocycles. The Labute approximate surface area is 112 Å². The molecule has 0 fully saturated rings. The average Bonchev–Trinajstić information content (AvgIpc) is 2.38. The van der Waals surface area contributed by atoms with Crippen molar-refractivity contribution < 1.29 is 14.8 Å². The monoisotopic (exact) mass is 254 g/mol. The van der Waals surface area contributed by atoms with Crippen molar-refractivity contribution in [3.05, 3.63) is 53.6 Å². The van der Waals surface area contributed by atoms with Gasteiger partial charge in [-0.25, -0.2) is 0 Å². The van der Waals surface area contributed by atoms with Crippen LogP contribution >= 0.6 is 0 Å². The van der Waals surface area contributed by atoms with Crippen LogP contribution in [-0.2, 0) is 5.41 Å². The molecule has 0 aliphatic carbocycles. The van der Waals surface area contributed by atoms with Gasteiger partial charge in [0.15, 0.2) is 0 Å². The Hall–Kier alpha value is -1.78. The number of rotatable bonds is 1. The maximum absolute atomic E-state index is 9.25. The molecule has 3 nitrogen and oxygen atoms in total. The zero-order chi connectivity index (χ0) is 13.6. The molecule has 0 saturated heterocycles. The quantitative estimate of drug-likeness (QED) is 0.763. The van der Waals surface area contributed by atoms with E-state index in [9.17, 15) is 10.0 Å². The van der Waals surface area contributed by atoms with Crippen LogP contribution in [0, 0.1) is 0 Å². The fourth-order valence-electron chi connectivity index (χ4n) is 2.64. The summed E-state index contributed by atoms with van der Waals surface area (Å²) in [4.78, 5) is 0. The molecule has 1 aliphatic rings. The lowest BCUT2D eigenvalue weighted by molar-refractivity contribution is 0.414. The minimum atomic E-state index is -1.48. The number of hydrogen-bond acceptors (Lipinski definition) is 3. The molecule has 0 radical (unpaired) electrons. The Morgan fingerprint density at radius 3 is 2.37 bits per heavy atom. The normalized spacial score (nSPS) is 15.2. The molecule has 2 aromatic carbocycles. The van der Waals surface area contributed by atoms with E-state index < -0.39 is 7.12 Å². The molecule has 4 heteroatoms. The first-order chi connectivity index (χ1) is 9.00. The van der Waals surface area contributed by atoms with Crippen molar-refractivity contribution in [3.63, 3.8) is 0 Å². The molecule has 0 atom stereocenters. The first-order valence-electron chi connectivity index (χ1n) is 6.28. The first kappa shape index (κ1) is 12.3. The predicted molar refractivity (Wildman–Crippen MR) is 74.9 cm³/mol. The second kappa shape index (κ2) is 4.12. The van der Waals surface area contributed by atoms with Crippen LogP contribution in [0.4, 0.5) is 0 Å². The van der Waals surface area contributed by atoms with Crippen LogP contribution in [0.3, 0.4) is 0 Å². The van der Waals surface area contributed by atoms with Gasteiger partial charge >= 0.3 is 7.12 Å². The van der Waals surface area contributed by atoms with E-state index in [0.717, 1.165) is 16.9 Å². The van der Waals surface area contributed by atoms with Crippen LogP contribution in [0.15, 0.2) is 42.5 Å². The molecule has 96 valence electrons. The summed E-state index contributed by atoms with van der Waals surface area (Å²) in [5.74, 6) is 1.51. The standard InChI is InChI=1S/C15H15BO3/c1-15(2)11-5-3-4-6-13(11)19-14-9-10(16(17)18)7-8-12(14)15/h3-9,17-18H,1-2H3. The Balaban J connectivity index is 2.18. The Kier molecular flexibility index (Phi) is 2.66. The molecule has 19 heavy (non-hydrogen) atoms. The van der Waals surface area contributed by atoms with Gasteiger partial charge < -0.3 is 14.8 Å². The van der Waals surface area contributed by atoms with Gasteiger partial charge in [-0.3, -0.25) is 0 Å². The highest BCUT2D eigenvalue weighted by Gasteiger charge is 2.34. The lowest BCUT2D eigenvalue weighted by Gasteiger charge is -2.34. The van der Waals surface area contributed by atoms with Gasteiger partial charge in [-0.15, -0.1) is 0 Å². The van der Waals surface area contributed by atoms with Gasteiger partial charge in [-0.2, -0.15) is 0 Å². The highest BCUT2D eigenvalue weighted by atomic mass is 16.5. The van der Waals surface area contributed by atoms with Gasteiger partial charge in [0.05, 0.1) is 0 Å². The third-order valence-corrected chi connectivity index (χ3v) is 3.76. The van der Waals surface area contributed by atoms with Crippen molar-refractivity contribution in [2.24, 2.45) is 0 Å². The fraction of sp³-hybridized carbons (Fsp3) is 0.200. The van der Waals surface area contributed by atoms with Crippen LogP contribution in [-0.4, -0.2) is 17.2 Å². The van der Waals surface area contributed by atoms with E-state index in [1.807, 2.05) is 24.3 Å². The largest absolute Gasteiger partial charge is 0.488 e. The van der Waals surface area contributed by atoms with Crippen LogP contribution < -0.4 is 10.2 Å². The maximum Gasteiger partial charge on any atom is 0.488 e. The fourth-order valence-corrected chi connectivity index (χ4v) is 2.64. The minimum Gasteiger partial charge on any atom is -0.457 e. The molecule has 0 unspecified atom stereocenters. The van der Waals surface area contributed by atoms with Crippen molar-refractivity contribution in [3.8, 4) is 11.5 Å². The summed E-state index contributed by atoms with van der Waals surface area (Å²) in [6, 6.07) is 13.3. The molecule has 0 saturated carbocycles. The van der Waals surface area contributed by atoms with E-state index in [2.05, 4.69) is 19.9 Å². The zero-order valence-electron chi connectivity index (χ0n) is 10.9. The summed E-state index contributed by atoms with van der Waals surface area (Å²) >= 11 is 0. The molecule has 2 aromatic rings. The van der Waals surface area contributed by atoms with Crippen molar-refractivity contribution in [1.82, 2.24) is 0 Å². The van der Waals surface area contributed by atoms with Crippen LogP contribution in [0.5, 0.6) is 11.5 Å². The molecule has 1 heterocycles. The molecule has 3 rings (SSSR count). The summed E-state index contributed by atoms with van der Waals surface area (Å²) in [5.41, 5.74) is 2.47. The molecule has 0 aromatic heterocycles. The highest BCUT2D eigenvalue weighted by molar-refractivity contribution is 6.58. The van der Waals surface area contributed by atoms with Gasteiger partial charge in [-0.05, 0) is 17.6 Å². The summed E-state index contributed by atoms with van der Waals surface area (Å²) < 4.78 is 5.88. The van der Waals surface area contributed by atoms with Crippen molar-refractivity contribution >= 4 is 12.6 Å². The molecule has 0 amide bonds. The van der Waals surface area contributed by atoms with Gasteiger partial charge in [0.2, 0.25) is 0 Å². The second-order valence-corrected chi connectivity index (χ2v) is 5.35. The number of ether oxygens (including phenoxy) is 1. The Bertz CT molecular complexity index is 635. The van der Waals surface area contributed by atoms with Crippen LogP contribution in [0.25, 0.3) is 0 Å². The summed E-state index contributed by atoms with van der Waals surface area (Å²) in [6.07, 6.45) is 0. The minimum absolute atomic E-state index is 0.164. The Morgan fingerprint density at radius 1 is 0.947 bits per heavy atom. The molecule has 2 N–H and O–H groups in total. The number of benzene rings is 2. The zero-order valence-corrected chi connectivity index (χ0v) is 10.9. The number of hydrogen-bond donors (Lipinski definition) is 2. The highest BCUT2D eigenvalue weighted by Crippen LogP contribution is 2.47. The van der Waals surface area contributed by atoms with Gasteiger partial charge in [-0.1, -0.05) is 44.2 Å². The third kappa shape index (κ3) is 1.84. The number of para-hydroxylation sites is 1. The SMILES string of the molecule is CC1(C)c2ccccc2Oc2cc(B(O)O)ccc21. The summed E-state index contributed by atoms with van der Waals surface area (Å²) in [5, 5.41) is 18.5. The summed E-state index contributed by atoms with van der Waals surface area (Å²) in [6.45, 7) is 4.28. The second-order valence-electron chi connectivity index (χ2n) is 5.35. The van der Waals surface area contributed by atoms with E-state index in [-0.39, 0.29) is 5.41 Å². The lowest BCUT2D eigenvalue weighted by atomic mass is 9.73. The molecule has 0 spiro atoms. The molecular weight excluding hydrogens is 239 g/mol. The number of fused-ring (bicyclic) bond motifs is 2. The van der Waals surface area contributed by atoms with Gasteiger partial charge in [0, 0.05) is 16.5 Å². The van der Waals surface area contributed by atoms with Crippen molar-refractivity contribution in [2.45, 2.75) is 19.3 Å². The predicted octanol–water partition coefficient (Wildman–Crippen LogP) is 1.80. The van der Waals surface area contributed by atoms with Crippen LogP contribution in [0.2, 0.25) is 0 Å². The van der Waals surface area contributed by atoms with Crippen molar-refractivity contribution in [1.29, 1.82) is 0 Å². The van der Waals surface area contributed by atoms with E-state index in [1.54, 1.807) is 12.1 Å². The topological polar surface area (TPSA) is 49.7 Å². The maximum atomic E-state index is 9.25. The van der Waals surface area contributed by atoms with E-state index in [4.69, 9.17) is 4.74 Å². The van der Waals surface area contributed by atoms with E-state index in [0.29, 0.717) is 11.2 Å². The summed E-state index contributed by atoms with van der Waals surface area (Å²) in [7, 11) is -1.48. The van der Waals surface area contributed by atoms with Crippen LogP contribution in [0.1, 0.15) is 25.0 Å². The smallest absolute Gasteiger partial charge is 0.457 e. The Morgan fingerprint density at radius 2 is 1.63 bits per heavy atom. The van der Waals surface area contributed by atoms with Gasteiger partial charge in [0.25, 0.3) is 0 Å². The van der Waals surface area contributed by atoms with E-state index in [1.165, 1.54) is 0 Å².